The summed E-state index contributed by atoms with van der Waals surface area (Å²) in [5, 5.41) is 12.6. The summed E-state index contributed by atoms with van der Waals surface area (Å²) >= 11 is 1.61. The molecule has 0 aliphatic rings. The molecule has 0 aliphatic heterocycles. The average molecular weight is 319 g/mol. The quantitative estimate of drug-likeness (QED) is 0.818. The van der Waals surface area contributed by atoms with Crippen LogP contribution in [0.15, 0.2) is 36.7 Å². The molecule has 2 rings (SSSR count). The van der Waals surface area contributed by atoms with E-state index in [1.54, 1.807) is 18.0 Å². The number of thioether (sulfide) groups is 1. The molecule has 0 spiro atoms. The molecule has 2 N–H and O–H groups in total. The SMILES string of the molecule is CSCC[C@H](O)C(=O)NCc1ccccc1-n1ccnc1C. The minimum atomic E-state index is -0.949. The number of nitrogens with one attached hydrogen (secondary N) is 1. The van der Waals surface area contributed by atoms with Gasteiger partial charge in [-0.2, -0.15) is 11.8 Å². The molecule has 22 heavy (non-hydrogen) atoms. The second-order valence-electron chi connectivity index (χ2n) is 4.99. The van der Waals surface area contributed by atoms with Crippen molar-refractivity contribution in [3.8, 4) is 5.69 Å². The van der Waals surface area contributed by atoms with E-state index in [2.05, 4.69) is 10.3 Å². The third kappa shape index (κ3) is 4.11. The Kier molecular flexibility index (Phi) is 6.03. The van der Waals surface area contributed by atoms with Crippen LogP contribution in [0.3, 0.4) is 0 Å². The van der Waals surface area contributed by atoms with Gasteiger partial charge in [-0.25, -0.2) is 4.98 Å². The Balaban J connectivity index is 2.05. The molecule has 0 bridgehead atoms. The average Bonchev–Trinajstić information content (AvgIpc) is 2.96. The van der Waals surface area contributed by atoms with Crippen LogP contribution in [0.25, 0.3) is 5.69 Å². The van der Waals surface area contributed by atoms with Gasteiger partial charge in [-0.05, 0) is 37.0 Å². The molecule has 0 aliphatic carbocycles. The fourth-order valence-electron chi connectivity index (χ4n) is 2.19. The van der Waals surface area contributed by atoms with Gasteiger partial charge >= 0.3 is 0 Å². The molecule has 1 amide bonds. The number of nitrogens with zero attached hydrogens (tertiary/aromatic N) is 2. The molecule has 2 aromatic rings. The Hall–Kier alpha value is -1.79. The number of aliphatic hydroxyl groups is 1. The Bertz CT molecular complexity index is 627. The summed E-state index contributed by atoms with van der Waals surface area (Å²) < 4.78 is 1.98. The summed E-state index contributed by atoms with van der Waals surface area (Å²) in [6.45, 7) is 2.31. The van der Waals surface area contributed by atoms with Gasteiger partial charge in [-0.3, -0.25) is 4.79 Å². The van der Waals surface area contributed by atoms with Crippen molar-refractivity contribution >= 4 is 17.7 Å². The first kappa shape index (κ1) is 16.6. The van der Waals surface area contributed by atoms with E-state index in [9.17, 15) is 9.90 Å². The summed E-state index contributed by atoms with van der Waals surface area (Å²) in [6, 6.07) is 7.83. The Morgan fingerprint density at radius 1 is 1.45 bits per heavy atom. The van der Waals surface area contributed by atoms with Crippen LogP contribution < -0.4 is 5.32 Å². The van der Waals surface area contributed by atoms with Crippen LogP contribution in [0.4, 0.5) is 0 Å². The van der Waals surface area contributed by atoms with Crippen LogP contribution in [0, 0.1) is 6.92 Å². The van der Waals surface area contributed by atoms with Crippen molar-refractivity contribution in [2.24, 2.45) is 0 Å². The first-order chi connectivity index (χ1) is 10.6. The number of para-hydroxylation sites is 1. The fourth-order valence-corrected chi connectivity index (χ4v) is 2.65. The third-order valence-corrected chi connectivity index (χ3v) is 4.07. The molecule has 0 saturated carbocycles. The molecule has 6 heteroatoms. The topological polar surface area (TPSA) is 67.2 Å². The van der Waals surface area contributed by atoms with E-state index in [1.807, 2.05) is 48.2 Å². The summed E-state index contributed by atoms with van der Waals surface area (Å²) in [5.74, 6) is 1.32. The lowest BCUT2D eigenvalue weighted by molar-refractivity contribution is -0.129. The number of carbonyl (C=O) groups excluding carboxylic acids is 1. The lowest BCUT2D eigenvalue weighted by atomic mass is 10.1. The minimum absolute atomic E-state index is 0.328. The van der Waals surface area contributed by atoms with E-state index in [1.165, 1.54) is 0 Å². The number of rotatable bonds is 7. The fraction of sp³-hybridized carbons (Fsp3) is 0.375. The van der Waals surface area contributed by atoms with Crippen molar-refractivity contribution in [3.05, 3.63) is 48.0 Å². The van der Waals surface area contributed by atoms with Crippen LogP contribution >= 0.6 is 11.8 Å². The van der Waals surface area contributed by atoms with Crippen LogP contribution in [-0.2, 0) is 11.3 Å². The molecular formula is C16H21N3O2S. The maximum absolute atomic E-state index is 11.9. The van der Waals surface area contributed by atoms with Crippen molar-refractivity contribution in [1.82, 2.24) is 14.9 Å². The van der Waals surface area contributed by atoms with Crippen LogP contribution in [0.2, 0.25) is 0 Å². The molecule has 118 valence electrons. The second-order valence-corrected chi connectivity index (χ2v) is 5.97. The van der Waals surface area contributed by atoms with Gasteiger partial charge in [0.05, 0.1) is 5.69 Å². The smallest absolute Gasteiger partial charge is 0.249 e. The van der Waals surface area contributed by atoms with Crippen molar-refractivity contribution in [2.75, 3.05) is 12.0 Å². The van der Waals surface area contributed by atoms with Gasteiger partial charge in [0.2, 0.25) is 5.91 Å². The Morgan fingerprint density at radius 3 is 2.91 bits per heavy atom. The lowest BCUT2D eigenvalue weighted by Gasteiger charge is -2.14. The number of amides is 1. The summed E-state index contributed by atoms with van der Waals surface area (Å²) in [6.07, 6.45) is 5.11. The van der Waals surface area contributed by atoms with Crippen LogP contribution in [-0.4, -0.2) is 38.7 Å². The molecule has 1 aromatic heterocycles. The number of benzene rings is 1. The molecule has 5 nitrogen and oxygen atoms in total. The van der Waals surface area contributed by atoms with Crippen LogP contribution in [0.1, 0.15) is 17.8 Å². The first-order valence-electron chi connectivity index (χ1n) is 7.16. The predicted molar refractivity (Wildman–Crippen MR) is 89.2 cm³/mol. The van der Waals surface area contributed by atoms with Crippen molar-refractivity contribution < 1.29 is 9.90 Å². The second kappa shape index (κ2) is 8.00. The van der Waals surface area contributed by atoms with E-state index < -0.39 is 6.10 Å². The maximum Gasteiger partial charge on any atom is 0.249 e. The van der Waals surface area contributed by atoms with Gasteiger partial charge in [0, 0.05) is 18.9 Å². The molecule has 0 unspecified atom stereocenters. The zero-order valence-electron chi connectivity index (χ0n) is 12.8. The maximum atomic E-state index is 11.9. The number of hydrogen-bond acceptors (Lipinski definition) is 4. The minimum Gasteiger partial charge on any atom is -0.383 e. The summed E-state index contributed by atoms with van der Waals surface area (Å²) in [5.41, 5.74) is 1.96. The van der Waals surface area contributed by atoms with E-state index in [0.717, 1.165) is 22.8 Å². The molecule has 1 atom stereocenters. The molecule has 1 aromatic carbocycles. The third-order valence-electron chi connectivity index (χ3n) is 3.43. The van der Waals surface area contributed by atoms with E-state index in [4.69, 9.17) is 0 Å². The highest BCUT2D eigenvalue weighted by molar-refractivity contribution is 7.98. The molecular weight excluding hydrogens is 298 g/mol. The highest BCUT2D eigenvalue weighted by Crippen LogP contribution is 2.16. The van der Waals surface area contributed by atoms with E-state index in [-0.39, 0.29) is 5.91 Å². The number of aliphatic hydroxyl groups excluding tert-OH is 1. The van der Waals surface area contributed by atoms with Gasteiger partial charge in [0.15, 0.2) is 0 Å². The number of carbonyl (C=O) groups is 1. The standard InChI is InChI=1S/C16H21N3O2S/c1-12-17-8-9-19(12)14-6-4-3-5-13(14)11-18-16(21)15(20)7-10-22-2/h3-6,8-9,15,20H,7,10-11H2,1-2H3,(H,18,21)/t15-/m0/s1. The van der Waals surface area contributed by atoms with Gasteiger partial charge < -0.3 is 15.0 Å². The van der Waals surface area contributed by atoms with Gasteiger partial charge in [0.25, 0.3) is 0 Å². The number of aromatic nitrogens is 2. The highest BCUT2D eigenvalue weighted by Gasteiger charge is 2.15. The monoisotopic (exact) mass is 319 g/mol. The number of aryl methyl sites for hydroxylation is 1. The first-order valence-corrected chi connectivity index (χ1v) is 8.56. The Labute approximate surface area is 134 Å². The normalized spacial score (nSPS) is 12.1. The van der Waals surface area contributed by atoms with Crippen molar-refractivity contribution in [1.29, 1.82) is 0 Å². The van der Waals surface area contributed by atoms with Crippen molar-refractivity contribution in [3.63, 3.8) is 0 Å². The molecule has 0 radical (unpaired) electrons. The number of hydrogen-bond donors (Lipinski definition) is 2. The zero-order valence-corrected chi connectivity index (χ0v) is 13.6. The largest absolute Gasteiger partial charge is 0.383 e. The lowest BCUT2D eigenvalue weighted by Crippen LogP contribution is -2.34. The highest BCUT2D eigenvalue weighted by atomic mass is 32.2. The zero-order chi connectivity index (χ0) is 15.9. The molecule has 1 heterocycles. The Morgan fingerprint density at radius 2 is 2.23 bits per heavy atom. The van der Waals surface area contributed by atoms with Gasteiger partial charge in [-0.1, -0.05) is 18.2 Å². The van der Waals surface area contributed by atoms with Gasteiger partial charge in [-0.15, -0.1) is 0 Å². The summed E-state index contributed by atoms with van der Waals surface area (Å²) in [7, 11) is 0. The number of imidazole rings is 1. The predicted octanol–water partition coefficient (Wildman–Crippen LogP) is 1.91. The van der Waals surface area contributed by atoms with E-state index in [0.29, 0.717) is 13.0 Å². The summed E-state index contributed by atoms with van der Waals surface area (Å²) in [4.78, 5) is 16.1. The molecule has 0 saturated heterocycles. The van der Waals surface area contributed by atoms with E-state index >= 15 is 0 Å². The van der Waals surface area contributed by atoms with Gasteiger partial charge in [0.1, 0.15) is 11.9 Å². The van der Waals surface area contributed by atoms with Crippen molar-refractivity contribution in [2.45, 2.75) is 26.0 Å². The molecule has 0 fully saturated rings. The van der Waals surface area contributed by atoms with Crippen LogP contribution in [0.5, 0.6) is 0 Å².